The molecule has 3 rings (SSSR count). The highest BCUT2D eigenvalue weighted by Crippen LogP contribution is 2.40. The van der Waals surface area contributed by atoms with Gasteiger partial charge in [0.1, 0.15) is 5.82 Å². The van der Waals surface area contributed by atoms with Crippen LogP contribution in [0.5, 0.6) is 0 Å². The molecule has 4 heteroatoms. The Labute approximate surface area is 166 Å². The molecule has 0 bridgehead atoms. The standard InChI is InChI=1S/C23H26ClFN2/c1-6-9-27-22-12-21(25)17(10-19(22)16(3)13-23(27,4)5)14-26-18-8-7-15(2)20(24)11-18/h7-8,10-14H,6,9H2,1-5H3. The van der Waals surface area contributed by atoms with E-state index in [0.717, 1.165) is 35.4 Å². The fourth-order valence-corrected chi connectivity index (χ4v) is 3.83. The summed E-state index contributed by atoms with van der Waals surface area (Å²) in [7, 11) is 0. The number of nitrogens with zero attached hydrogens (tertiary/aromatic N) is 2. The van der Waals surface area contributed by atoms with E-state index in [1.807, 2.05) is 25.1 Å². The minimum absolute atomic E-state index is 0.131. The second-order valence-electron chi connectivity index (χ2n) is 7.72. The molecular weight excluding hydrogens is 359 g/mol. The predicted octanol–water partition coefficient (Wildman–Crippen LogP) is 6.95. The van der Waals surface area contributed by atoms with Gasteiger partial charge in [0, 0.05) is 34.6 Å². The summed E-state index contributed by atoms with van der Waals surface area (Å²) in [6.45, 7) is 11.4. The predicted molar refractivity (Wildman–Crippen MR) is 115 cm³/mol. The summed E-state index contributed by atoms with van der Waals surface area (Å²) in [5.74, 6) is -0.262. The third-order valence-electron chi connectivity index (χ3n) is 5.05. The minimum Gasteiger partial charge on any atom is -0.362 e. The van der Waals surface area contributed by atoms with Crippen molar-refractivity contribution in [3.63, 3.8) is 0 Å². The molecule has 0 saturated heterocycles. The number of aryl methyl sites for hydroxylation is 1. The maximum absolute atomic E-state index is 14.9. The molecule has 142 valence electrons. The molecule has 2 nitrogen and oxygen atoms in total. The lowest BCUT2D eigenvalue weighted by molar-refractivity contribution is 0.546. The molecule has 0 radical (unpaired) electrons. The van der Waals surface area contributed by atoms with Gasteiger partial charge in [-0.3, -0.25) is 4.99 Å². The number of allylic oxidation sites excluding steroid dienone is 1. The van der Waals surface area contributed by atoms with Crippen LogP contribution in [0.1, 0.15) is 50.8 Å². The molecule has 0 amide bonds. The Bertz CT molecular complexity index is 928. The molecule has 0 unspecified atom stereocenters. The highest BCUT2D eigenvalue weighted by atomic mass is 35.5. The SMILES string of the molecule is CCCN1c2cc(F)c(C=Nc3ccc(C)c(Cl)c3)cc2C(C)=CC1(C)C. The molecule has 0 fully saturated rings. The van der Waals surface area contributed by atoms with Crippen molar-refractivity contribution in [1.82, 2.24) is 0 Å². The van der Waals surface area contributed by atoms with Crippen LogP contribution in [0.25, 0.3) is 5.57 Å². The Morgan fingerprint density at radius 1 is 1.19 bits per heavy atom. The first-order valence-electron chi connectivity index (χ1n) is 9.34. The van der Waals surface area contributed by atoms with E-state index in [1.54, 1.807) is 18.3 Å². The summed E-state index contributed by atoms with van der Waals surface area (Å²) in [4.78, 5) is 6.69. The molecule has 2 aromatic rings. The fourth-order valence-electron chi connectivity index (χ4n) is 3.65. The number of aliphatic imine (C=N–C) groups is 1. The van der Waals surface area contributed by atoms with Crippen molar-refractivity contribution in [2.24, 2.45) is 4.99 Å². The van der Waals surface area contributed by atoms with Crippen LogP contribution in [0.4, 0.5) is 15.8 Å². The zero-order valence-electron chi connectivity index (χ0n) is 16.6. The number of hydrogen-bond acceptors (Lipinski definition) is 2. The number of rotatable bonds is 4. The lowest BCUT2D eigenvalue weighted by atomic mass is 9.87. The second-order valence-corrected chi connectivity index (χ2v) is 8.12. The van der Waals surface area contributed by atoms with Crippen molar-refractivity contribution < 1.29 is 4.39 Å². The number of fused-ring (bicyclic) bond motifs is 1. The lowest BCUT2D eigenvalue weighted by Crippen LogP contribution is -2.45. The second kappa shape index (κ2) is 7.47. The Morgan fingerprint density at radius 3 is 2.59 bits per heavy atom. The molecule has 1 aliphatic heterocycles. The maximum Gasteiger partial charge on any atom is 0.134 e. The van der Waals surface area contributed by atoms with Crippen LogP contribution in [-0.4, -0.2) is 18.3 Å². The summed E-state index contributed by atoms with van der Waals surface area (Å²) in [6.07, 6.45) is 4.84. The lowest BCUT2D eigenvalue weighted by Gasteiger charge is -2.43. The summed E-state index contributed by atoms with van der Waals surface area (Å²) in [5.41, 5.74) is 5.24. The van der Waals surface area contributed by atoms with Gasteiger partial charge in [0.15, 0.2) is 0 Å². The van der Waals surface area contributed by atoms with E-state index in [9.17, 15) is 4.39 Å². The Kier molecular flexibility index (Phi) is 5.43. The summed E-state index contributed by atoms with van der Waals surface area (Å²) >= 11 is 6.15. The number of halogens is 2. The van der Waals surface area contributed by atoms with Crippen LogP contribution in [0.3, 0.4) is 0 Å². The number of benzene rings is 2. The molecule has 0 atom stereocenters. The topological polar surface area (TPSA) is 15.6 Å². The Balaban J connectivity index is 2.02. The van der Waals surface area contributed by atoms with Gasteiger partial charge in [-0.1, -0.05) is 30.7 Å². The van der Waals surface area contributed by atoms with Gasteiger partial charge in [-0.05, 0) is 69.5 Å². The normalized spacial score (nSPS) is 15.8. The molecular formula is C23H26ClFN2. The molecule has 1 aliphatic rings. The van der Waals surface area contributed by atoms with Crippen LogP contribution >= 0.6 is 11.6 Å². The van der Waals surface area contributed by atoms with Gasteiger partial charge in [0.25, 0.3) is 0 Å². The van der Waals surface area contributed by atoms with E-state index < -0.39 is 0 Å². The molecule has 0 saturated carbocycles. The fraction of sp³-hybridized carbons (Fsp3) is 0.348. The van der Waals surface area contributed by atoms with Crippen LogP contribution in [0, 0.1) is 12.7 Å². The van der Waals surface area contributed by atoms with E-state index >= 15 is 0 Å². The van der Waals surface area contributed by atoms with Crippen LogP contribution in [-0.2, 0) is 0 Å². The highest BCUT2D eigenvalue weighted by Gasteiger charge is 2.31. The van der Waals surface area contributed by atoms with Crippen LogP contribution < -0.4 is 4.90 Å². The number of hydrogen-bond donors (Lipinski definition) is 0. The van der Waals surface area contributed by atoms with E-state index in [0.29, 0.717) is 16.3 Å². The van der Waals surface area contributed by atoms with Crippen LogP contribution in [0.2, 0.25) is 5.02 Å². The largest absolute Gasteiger partial charge is 0.362 e. The van der Waals surface area contributed by atoms with Gasteiger partial charge < -0.3 is 4.90 Å². The third kappa shape index (κ3) is 3.93. The van der Waals surface area contributed by atoms with E-state index in [-0.39, 0.29) is 11.4 Å². The van der Waals surface area contributed by atoms with Gasteiger partial charge >= 0.3 is 0 Å². The molecule has 2 aromatic carbocycles. The van der Waals surface area contributed by atoms with Gasteiger partial charge in [-0.15, -0.1) is 0 Å². The molecule has 27 heavy (non-hydrogen) atoms. The van der Waals surface area contributed by atoms with Crippen molar-refractivity contribution in [2.45, 2.75) is 46.6 Å². The molecule has 0 aromatic heterocycles. The average molecular weight is 385 g/mol. The zero-order chi connectivity index (χ0) is 19.8. The average Bonchev–Trinajstić information content (AvgIpc) is 2.59. The summed E-state index contributed by atoms with van der Waals surface area (Å²) in [5, 5.41) is 0.659. The van der Waals surface area contributed by atoms with Crippen molar-refractivity contribution >= 4 is 34.8 Å². The smallest absolute Gasteiger partial charge is 0.134 e. The van der Waals surface area contributed by atoms with E-state index in [4.69, 9.17) is 11.6 Å². The first-order chi connectivity index (χ1) is 12.7. The third-order valence-corrected chi connectivity index (χ3v) is 5.46. The quantitative estimate of drug-likeness (QED) is 0.520. The summed E-state index contributed by atoms with van der Waals surface area (Å²) in [6, 6.07) is 9.13. The van der Waals surface area contributed by atoms with Crippen molar-refractivity contribution in [2.75, 3.05) is 11.4 Å². The monoisotopic (exact) mass is 384 g/mol. The van der Waals surface area contributed by atoms with Crippen molar-refractivity contribution in [3.8, 4) is 0 Å². The first kappa shape index (κ1) is 19.6. The first-order valence-corrected chi connectivity index (χ1v) is 9.72. The van der Waals surface area contributed by atoms with Gasteiger partial charge in [0.2, 0.25) is 0 Å². The molecule has 1 heterocycles. The Hall–Kier alpha value is -2.13. The van der Waals surface area contributed by atoms with Crippen molar-refractivity contribution in [1.29, 1.82) is 0 Å². The summed E-state index contributed by atoms with van der Waals surface area (Å²) < 4.78 is 14.9. The Morgan fingerprint density at radius 2 is 1.93 bits per heavy atom. The van der Waals surface area contributed by atoms with Crippen LogP contribution in [0.15, 0.2) is 41.4 Å². The van der Waals surface area contributed by atoms with Gasteiger partial charge in [-0.25, -0.2) is 4.39 Å². The van der Waals surface area contributed by atoms with E-state index in [1.165, 1.54) is 0 Å². The number of anilines is 1. The molecule has 0 N–H and O–H groups in total. The minimum atomic E-state index is -0.262. The maximum atomic E-state index is 14.9. The molecule has 0 aliphatic carbocycles. The molecule has 0 spiro atoms. The van der Waals surface area contributed by atoms with Gasteiger partial charge in [-0.2, -0.15) is 0 Å². The van der Waals surface area contributed by atoms with Crippen molar-refractivity contribution in [3.05, 3.63) is 63.9 Å². The van der Waals surface area contributed by atoms with Gasteiger partial charge in [0.05, 0.1) is 11.2 Å². The zero-order valence-corrected chi connectivity index (χ0v) is 17.4. The van der Waals surface area contributed by atoms with E-state index in [2.05, 4.69) is 43.7 Å². The highest BCUT2D eigenvalue weighted by molar-refractivity contribution is 6.31.